The number of ketones is 1. The number of carbonyl (C=O) groups excluding carboxylic acids is 1. The maximum atomic E-state index is 11.9. The quantitative estimate of drug-likeness (QED) is 0.613. The lowest BCUT2D eigenvalue weighted by molar-refractivity contribution is 0.0993. The molecule has 16 heavy (non-hydrogen) atoms. The van der Waals surface area contributed by atoms with Crippen molar-refractivity contribution < 1.29 is 4.79 Å². The summed E-state index contributed by atoms with van der Waals surface area (Å²) in [4.78, 5) is 16.0. The van der Waals surface area contributed by atoms with Gasteiger partial charge in [-0.3, -0.25) is 4.79 Å². The number of benzene rings is 1. The van der Waals surface area contributed by atoms with Crippen molar-refractivity contribution in [2.75, 3.05) is 0 Å². The lowest BCUT2D eigenvalue weighted by Crippen LogP contribution is -2.03. The first-order valence-electron chi connectivity index (χ1n) is 4.53. The molecule has 0 atom stereocenters. The Kier molecular flexibility index (Phi) is 3.94. The lowest BCUT2D eigenvalue weighted by Gasteiger charge is -2.01. The van der Waals surface area contributed by atoms with E-state index in [1.807, 2.05) is 11.4 Å². The van der Waals surface area contributed by atoms with Gasteiger partial charge in [0.2, 0.25) is 0 Å². The van der Waals surface area contributed by atoms with Gasteiger partial charge in [-0.25, -0.2) is 4.98 Å². The third-order valence-corrected chi connectivity index (χ3v) is 4.39. The highest BCUT2D eigenvalue weighted by Gasteiger charge is 2.10. The molecule has 0 bridgehead atoms. The molecule has 0 aliphatic carbocycles. The van der Waals surface area contributed by atoms with Gasteiger partial charge in [-0.1, -0.05) is 17.7 Å². The maximum absolute atomic E-state index is 11.9. The minimum atomic E-state index is 0.0493. The fraction of sp³-hybridized carbons (Fsp3) is 0.0909. The van der Waals surface area contributed by atoms with Crippen LogP contribution in [-0.4, -0.2) is 10.8 Å². The Balaban J connectivity index is 2.18. The van der Waals surface area contributed by atoms with E-state index in [2.05, 4.69) is 27.6 Å². The van der Waals surface area contributed by atoms with E-state index in [9.17, 15) is 4.79 Å². The van der Waals surface area contributed by atoms with Crippen LogP contribution in [0, 0.1) is 3.57 Å². The van der Waals surface area contributed by atoms with Crippen molar-refractivity contribution in [3.63, 3.8) is 0 Å². The van der Waals surface area contributed by atoms with Crippen LogP contribution in [0.5, 0.6) is 0 Å². The van der Waals surface area contributed by atoms with Crippen molar-refractivity contribution >= 4 is 51.3 Å². The van der Waals surface area contributed by atoms with Crippen molar-refractivity contribution in [1.29, 1.82) is 0 Å². The summed E-state index contributed by atoms with van der Waals surface area (Å²) in [7, 11) is 0. The van der Waals surface area contributed by atoms with E-state index in [0.29, 0.717) is 17.0 Å². The molecule has 0 fully saturated rings. The number of thiazole rings is 1. The maximum Gasteiger partial charge on any atom is 0.169 e. The Labute approximate surface area is 116 Å². The van der Waals surface area contributed by atoms with Crippen LogP contribution >= 0.6 is 45.5 Å². The van der Waals surface area contributed by atoms with Gasteiger partial charge < -0.3 is 0 Å². The summed E-state index contributed by atoms with van der Waals surface area (Å²) in [5.41, 5.74) is 0.639. The number of Topliss-reactive ketones (excluding diaryl/α,β-unsaturated/α-hetero) is 1. The van der Waals surface area contributed by atoms with Crippen LogP contribution in [0.15, 0.2) is 29.8 Å². The van der Waals surface area contributed by atoms with E-state index in [4.69, 9.17) is 11.6 Å². The molecule has 0 aliphatic heterocycles. The number of rotatable bonds is 3. The first kappa shape index (κ1) is 12.0. The van der Waals surface area contributed by atoms with E-state index in [-0.39, 0.29) is 5.78 Å². The molecule has 1 aromatic heterocycles. The highest BCUT2D eigenvalue weighted by atomic mass is 127. The van der Waals surface area contributed by atoms with Gasteiger partial charge >= 0.3 is 0 Å². The SMILES string of the molecule is O=C(Cc1nccs1)c1ccc(I)c(Cl)c1. The molecule has 0 spiro atoms. The summed E-state index contributed by atoms with van der Waals surface area (Å²) in [5.74, 6) is 0.0493. The number of hydrogen-bond acceptors (Lipinski definition) is 3. The largest absolute Gasteiger partial charge is 0.294 e. The van der Waals surface area contributed by atoms with Crippen LogP contribution in [0.2, 0.25) is 5.02 Å². The van der Waals surface area contributed by atoms with E-state index < -0.39 is 0 Å². The molecule has 5 heteroatoms. The Bertz CT molecular complexity index is 513. The van der Waals surface area contributed by atoms with Gasteiger partial charge in [-0.15, -0.1) is 11.3 Å². The molecule has 0 saturated heterocycles. The molecule has 2 aromatic rings. The predicted molar refractivity (Wildman–Crippen MR) is 74.3 cm³/mol. The summed E-state index contributed by atoms with van der Waals surface area (Å²) in [6.07, 6.45) is 2.04. The normalized spacial score (nSPS) is 10.4. The summed E-state index contributed by atoms with van der Waals surface area (Å²) in [6, 6.07) is 5.35. The average molecular weight is 364 g/mol. The molecule has 1 aromatic carbocycles. The Morgan fingerprint density at radius 2 is 2.31 bits per heavy atom. The summed E-state index contributed by atoms with van der Waals surface area (Å²) in [5, 5.41) is 3.31. The Hall–Kier alpha value is -0.460. The van der Waals surface area contributed by atoms with Crippen LogP contribution < -0.4 is 0 Å². The molecule has 0 radical (unpaired) electrons. The van der Waals surface area contributed by atoms with Gasteiger partial charge in [0.05, 0.1) is 11.4 Å². The van der Waals surface area contributed by atoms with Crippen molar-refractivity contribution in [3.8, 4) is 0 Å². The van der Waals surface area contributed by atoms with Gasteiger partial charge in [0, 0.05) is 20.7 Å². The number of hydrogen-bond donors (Lipinski definition) is 0. The summed E-state index contributed by atoms with van der Waals surface area (Å²) >= 11 is 9.59. The first-order valence-corrected chi connectivity index (χ1v) is 6.87. The summed E-state index contributed by atoms with van der Waals surface area (Å²) < 4.78 is 0.949. The second-order valence-corrected chi connectivity index (χ2v) is 5.70. The fourth-order valence-electron chi connectivity index (χ4n) is 1.25. The van der Waals surface area contributed by atoms with Gasteiger partial charge in [0.1, 0.15) is 5.01 Å². The summed E-state index contributed by atoms with van der Waals surface area (Å²) in [6.45, 7) is 0. The molecule has 2 rings (SSSR count). The fourth-order valence-corrected chi connectivity index (χ4v) is 2.38. The topological polar surface area (TPSA) is 30.0 Å². The van der Waals surface area contributed by atoms with Crippen molar-refractivity contribution in [1.82, 2.24) is 4.98 Å². The van der Waals surface area contributed by atoms with Gasteiger partial charge in [0.15, 0.2) is 5.78 Å². The Morgan fingerprint density at radius 1 is 1.50 bits per heavy atom. The van der Waals surface area contributed by atoms with Crippen LogP contribution in [0.1, 0.15) is 15.4 Å². The molecule has 82 valence electrons. The van der Waals surface area contributed by atoms with E-state index in [1.54, 1.807) is 18.3 Å². The van der Waals surface area contributed by atoms with Crippen LogP contribution in [-0.2, 0) is 6.42 Å². The van der Waals surface area contributed by atoms with Gasteiger partial charge in [-0.05, 0) is 34.7 Å². The zero-order chi connectivity index (χ0) is 11.5. The lowest BCUT2D eigenvalue weighted by atomic mass is 10.1. The Morgan fingerprint density at radius 3 is 2.94 bits per heavy atom. The van der Waals surface area contributed by atoms with Crippen LogP contribution in [0.3, 0.4) is 0 Å². The monoisotopic (exact) mass is 363 g/mol. The van der Waals surface area contributed by atoms with Crippen LogP contribution in [0.25, 0.3) is 0 Å². The number of nitrogens with zero attached hydrogens (tertiary/aromatic N) is 1. The minimum absolute atomic E-state index is 0.0493. The van der Waals surface area contributed by atoms with Crippen molar-refractivity contribution in [2.45, 2.75) is 6.42 Å². The molecular weight excluding hydrogens is 357 g/mol. The molecule has 0 amide bonds. The number of aromatic nitrogens is 1. The van der Waals surface area contributed by atoms with E-state index in [1.165, 1.54) is 11.3 Å². The number of carbonyl (C=O) groups is 1. The third-order valence-electron chi connectivity index (χ3n) is 2.04. The molecule has 1 heterocycles. The minimum Gasteiger partial charge on any atom is -0.294 e. The number of halogens is 2. The molecular formula is C11H7ClINOS. The standard InChI is InChI=1S/C11H7ClINOS/c12-8-5-7(1-2-9(8)13)10(15)6-11-14-3-4-16-11/h1-5H,6H2. The second-order valence-electron chi connectivity index (χ2n) is 3.15. The molecule has 0 N–H and O–H groups in total. The third kappa shape index (κ3) is 2.81. The molecule has 0 unspecified atom stereocenters. The van der Waals surface area contributed by atoms with Crippen LogP contribution in [0.4, 0.5) is 0 Å². The van der Waals surface area contributed by atoms with Gasteiger partial charge in [0.25, 0.3) is 0 Å². The van der Waals surface area contributed by atoms with E-state index in [0.717, 1.165) is 8.58 Å². The smallest absolute Gasteiger partial charge is 0.169 e. The second kappa shape index (κ2) is 5.25. The predicted octanol–water partition coefficient (Wildman–Crippen LogP) is 3.83. The van der Waals surface area contributed by atoms with Crippen molar-refractivity contribution in [2.24, 2.45) is 0 Å². The molecule has 0 aliphatic rings. The first-order chi connectivity index (χ1) is 7.66. The highest BCUT2D eigenvalue weighted by molar-refractivity contribution is 14.1. The zero-order valence-electron chi connectivity index (χ0n) is 8.11. The van der Waals surface area contributed by atoms with Crippen molar-refractivity contribution in [3.05, 3.63) is 48.9 Å². The molecule has 0 saturated carbocycles. The van der Waals surface area contributed by atoms with E-state index >= 15 is 0 Å². The average Bonchev–Trinajstić information content (AvgIpc) is 2.74. The highest BCUT2D eigenvalue weighted by Crippen LogP contribution is 2.20. The zero-order valence-corrected chi connectivity index (χ0v) is 11.8. The van der Waals surface area contributed by atoms with Gasteiger partial charge in [-0.2, -0.15) is 0 Å². The molecule has 2 nitrogen and oxygen atoms in total.